The first kappa shape index (κ1) is 11.3. The molecule has 0 bridgehead atoms. The van der Waals surface area contributed by atoms with E-state index in [9.17, 15) is 0 Å². The summed E-state index contributed by atoms with van der Waals surface area (Å²) in [5.41, 5.74) is 1.11. The Labute approximate surface area is 87.1 Å². The van der Waals surface area contributed by atoms with Gasteiger partial charge in [0.2, 0.25) is 0 Å². The molecule has 0 fully saturated rings. The molecule has 0 aliphatic heterocycles. The third-order valence-electron chi connectivity index (χ3n) is 1.94. The van der Waals surface area contributed by atoms with Crippen LogP contribution in [0.15, 0.2) is 6.20 Å². The molecule has 0 aromatic carbocycles. The van der Waals surface area contributed by atoms with Crippen LogP contribution in [-0.2, 0) is 5.54 Å². The largest absolute Gasteiger partial charge is 0.248 e. The summed E-state index contributed by atoms with van der Waals surface area (Å²) >= 11 is 0. The van der Waals surface area contributed by atoms with Crippen LogP contribution in [0.4, 0.5) is 0 Å². The van der Waals surface area contributed by atoms with Crippen LogP contribution < -0.4 is 5.59 Å². The number of rotatable bonds is 1. The Hall–Kier alpha value is -0.795. The molecule has 1 heterocycles. The molecular weight excluding hydrogens is 173 g/mol. The molecule has 1 aromatic rings. The molecule has 3 nitrogen and oxygen atoms in total. The van der Waals surface area contributed by atoms with Crippen LogP contribution in [0.1, 0.15) is 41.5 Å². The monoisotopic (exact) mass is 193 g/mol. The molecule has 0 radical (unpaired) electrons. The Balaban J connectivity index is 2.79. The van der Waals surface area contributed by atoms with Crippen molar-refractivity contribution in [3.8, 4) is 0 Å². The Morgan fingerprint density at radius 2 is 1.71 bits per heavy atom. The summed E-state index contributed by atoms with van der Waals surface area (Å²) in [7, 11) is 0.975. The van der Waals surface area contributed by atoms with Crippen molar-refractivity contribution in [2.24, 2.45) is 0 Å². The third-order valence-corrected chi connectivity index (χ3v) is 1.94. The van der Waals surface area contributed by atoms with Gasteiger partial charge in [0.05, 0.1) is 5.54 Å². The van der Waals surface area contributed by atoms with Gasteiger partial charge in [-0.05, 0) is 20.8 Å². The van der Waals surface area contributed by atoms with Gasteiger partial charge in [-0.2, -0.15) is 0 Å². The van der Waals surface area contributed by atoms with Crippen molar-refractivity contribution in [1.82, 2.24) is 15.0 Å². The van der Waals surface area contributed by atoms with E-state index in [1.165, 1.54) is 0 Å². The zero-order chi connectivity index (χ0) is 11.0. The fourth-order valence-electron chi connectivity index (χ4n) is 1.25. The number of nitrogens with zero attached hydrogens (tertiary/aromatic N) is 3. The van der Waals surface area contributed by atoms with E-state index in [1.807, 2.05) is 10.9 Å². The second-order valence-corrected chi connectivity index (χ2v) is 6.06. The van der Waals surface area contributed by atoms with E-state index in [-0.39, 0.29) is 10.9 Å². The first-order chi connectivity index (χ1) is 6.18. The maximum absolute atomic E-state index is 4.18. The predicted molar refractivity (Wildman–Crippen MR) is 61.5 cm³/mol. The molecule has 0 atom stereocenters. The molecule has 0 aliphatic carbocycles. The molecule has 14 heavy (non-hydrogen) atoms. The average molecular weight is 193 g/mol. The van der Waals surface area contributed by atoms with E-state index < -0.39 is 0 Å². The minimum Gasteiger partial charge on any atom is -0.248 e. The predicted octanol–water partition coefficient (Wildman–Crippen LogP) is 1.31. The Morgan fingerprint density at radius 1 is 1.14 bits per heavy atom. The molecule has 0 unspecified atom stereocenters. The van der Waals surface area contributed by atoms with Crippen LogP contribution in [-0.4, -0.2) is 22.3 Å². The van der Waals surface area contributed by atoms with Crippen molar-refractivity contribution < 1.29 is 0 Å². The van der Waals surface area contributed by atoms with Gasteiger partial charge in [-0.15, -0.1) is 5.10 Å². The highest BCUT2D eigenvalue weighted by Gasteiger charge is 2.19. The lowest BCUT2D eigenvalue weighted by atomic mass is 9.53. The summed E-state index contributed by atoms with van der Waals surface area (Å²) in [6.45, 7) is 13.0. The summed E-state index contributed by atoms with van der Waals surface area (Å²) in [5, 5.41) is 8.60. The number of hydrogen-bond acceptors (Lipinski definition) is 2. The Bertz CT molecular complexity index is 304. The fraction of sp³-hybridized carbons (Fsp3) is 0.800. The quantitative estimate of drug-likeness (QED) is 0.629. The van der Waals surface area contributed by atoms with Crippen LogP contribution in [0.3, 0.4) is 0 Å². The number of aromatic nitrogens is 3. The van der Waals surface area contributed by atoms with Crippen LogP contribution in [0.5, 0.6) is 0 Å². The SMILES string of the molecule is CC(C)(C)Bc1cn(C(C)(C)C)nn1. The highest BCUT2D eigenvalue weighted by molar-refractivity contribution is 6.55. The second-order valence-electron chi connectivity index (χ2n) is 6.06. The normalized spacial score (nSPS) is 13.0. The summed E-state index contributed by atoms with van der Waals surface area (Å²) in [6, 6.07) is 0. The summed E-state index contributed by atoms with van der Waals surface area (Å²) in [6.07, 6.45) is 2.05. The standard InChI is InChI=1S/C10H20BN3/c1-9(2,3)11-8-7-14(13-12-8)10(4,5)6/h7,11H,1-6H3. The molecule has 0 aliphatic rings. The fourth-order valence-corrected chi connectivity index (χ4v) is 1.25. The zero-order valence-corrected chi connectivity index (χ0v) is 10.1. The maximum atomic E-state index is 4.18. The van der Waals surface area contributed by atoms with Gasteiger partial charge < -0.3 is 0 Å². The zero-order valence-electron chi connectivity index (χ0n) is 10.1. The van der Waals surface area contributed by atoms with Crippen molar-refractivity contribution in [1.29, 1.82) is 0 Å². The lowest BCUT2D eigenvalue weighted by Crippen LogP contribution is -2.26. The van der Waals surface area contributed by atoms with Crippen molar-refractivity contribution >= 4 is 12.9 Å². The topological polar surface area (TPSA) is 30.7 Å². The highest BCUT2D eigenvalue weighted by Crippen LogP contribution is 2.19. The van der Waals surface area contributed by atoms with E-state index in [0.29, 0.717) is 0 Å². The van der Waals surface area contributed by atoms with Gasteiger partial charge in [-0.25, -0.2) is 4.68 Å². The summed E-state index contributed by atoms with van der Waals surface area (Å²) in [5.74, 6) is 0. The van der Waals surface area contributed by atoms with Gasteiger partial charge in [0.1, 0.15) is 0 Å². The van der Waals surface area contributed by atoms with E-state index >= 15 is 0 Å². The van der Waals surface area contributed by atoms with E-state index in [1.54, 1.807) is 0 Å². The second kappa shape index (κ2) is 3.41. The molecule has 0 N–H and O–H groups in total. The Morgan fingerprint density at radius 3 is 2.07 bits per heavy atom. The van der Waals surface area contributed by atoms with Crippen molar-refractivity contribution in [2.45, 2.75) is 52.4 Å². The van der Waals surface area contributed by atoms with Gasteiger partial charge in [0.25, 0.3) is 0 Å². The molecule has 4 heteroatoms. The molecular formula is C10H20BN3. The average Bonchev–Trinajstić information content (AvgIpc) is 2.29. The van der Waals surface area contributed by atoms with Gasteiger partial charge in [0, 0.05) is 11.8 Å². The molecule has 0 saturated heterocycles. The van der Waals surface area contributed by atoms with Crippen LogP contribution in [0.2, 0.25) is 5.31 Å². The van der Waals surface area contributed by atoms with Gasteiger partial charge in [-0.1, -0.05) is 31.3 Å². The molecule has 78 valence electrons. The number of hydrogen-bond donors (Lipinski definition) is 0. The lowest BCUT2D eigenvalue weighted by molar-refractivity contribution is 0.347. The van der Waals surface area contributed by atoms with Crippen LogP contribution in [0.25, 0.3) is 0 Å². The summed E-state index contributed by atoms with van der Waals surface area (Å²) in [4.78, 5) is 0. The first-order valence-electron chi connectivity index (χ1n) is 5.10. The summed E-state index contributed by atoms with van der Waals surface area (Å²) < 4.78 is 1.92. The lowest BCUT2D eigenvalue weighted by Gasteiger charge is -2.18. The minimum atomic E-state index is 0.0309. The Kier molecular flexibility index (Phi) is 2.75. The molecule has 0 spiro atoms. The molecule has 0 amide bonds. The van der Waals surface area contributed by atoms with Gasteiger partial charge >= 0.3 is 0 Å². The molecule has 0 saturated carbocycles. The molecule has 1 rings (SSSR count). The van der Waals surface area contributed by atoms with E-state index in [0.717, 1.165) is 12.9 Å². The third kappa shape index (κ3) is 3.16. The minimum absolute atomic E-state index is 0.0309. The first-order valence-corrected chi connectivity index (χ1v) is 5.10. The van der Waals surface area contributed by atoms with Crippen LogP contribution >= 0.6 is 0 Å². The van der Waals surface area contributed by atoms with Crippen LogP contribution in [0, 0.1) is 0 Å². The van der Waals surface area contributed by atoms with E-state index in [2.05, 4.69) is 51.9 Å². The van der Waals surface area contributed by atoms with E-state index in [4.69, 9.17) is 0 Å². The van der Waals surface area contributed by atoms with Crippen molar-refractivity contribution in [2.75, 3.05) is 0 Å². The van der Waals surface area contributed by atoms with Crippen molar-refractivity contribution in [3.05, 3.63) is 6.20 Å². The maximum Gasteiger partial charge on any atom is 0.192 e. The van der Waals surface area contributed by atoms with Gasteiger partial charge in [-0.3, -0.25) is 0 Å². The van der Waals surface area contributed by atoms with Gasteiger partial charge in [0.15, 0.2) is 7.28 Å². The molecule has 1 aromatic heterocycles. The smallest absolute Gasteiger partial charge is 0.192 e. The van der Waals surface area contributed by atoms with Crippen molar-refractivity contribution in [3.63, 3.8) is 0 Å². The highest BCUT2D eigenvalue weighted by atomic mass is 15.4.